The molecule has 0 aliphatic heterocycles. The first-order valence-corrected chi connectivity index (χ1v) is 11.0. The molecule has 150 valence electrons. The zero-order chi connectivity index (χ0) is 20.8. The molecule has 0 radical (unpaired) electrons. The molecule has 4 heteroatoms. The molecule has 0 unspecified atom stereocenters. The average molecular weight is 435 g/mol. The highest BCUT2D eigenvalue weighted by Crippen LogP contribution is 2.52. The maximum Gasteiger partial charge on any atom is 0.166 e. The van der Waals surface area contributed by atoms with Gasteiger partial charge in [0.1, 0.15) is 0 Å². The van der Waals surface area contributed by atoms with Gasteiger partial charge in [0.05, 0.1) is 0 Å². The van der Waals surface area contributed by atoms with Crippen LogP contribution in [0.15, 0.2) is 72.8 Å². The molecule has 0 aromatic heterocycles. The van der Waals surface area contributed by atoms with Crippen LogP contribution in [0.5, 0.6) is 0 Å². The second-order valence-electron chi connectivity index (χ2n) is 8.31. The van der Waals surface area contributed by atoms with Crippen molar-refractivity contribution in [3.8, 4) is 0 Å². The van der Waals surface area contributed by atoms with Crippen LogP contribution >= 0.6 is 23.2 Å². The highest BCUT2D eigenvalue weighted by Gasteiger charge is 2.45. The zero-order valence-corrected chi connectivity index (χ0v) is 17.7. The number of rotatable bonds is 6. The fourth-order valence-corrected chi connectivity index (χ4v) is 4.61. The van der Waals surface area contributed by atoms with E-state index in [0.29, 0.717) is 10.0 Å². The molecule has 2 saturated carbocycles. The van der Waals surface area contributed by atoms with Crippen LogP contribution in [0.2, 0.25) is 10.0 Å². The lowest BCUT2D eigenvalue weighted by atomic mass is 9.99. The van der Waals surface area contributed by atoms with Gasteiger partial charge in [-0.25, -0.2) is 0 Å². The fourth-order valence-electron chi connectivity index (χ4n) is 4.35. The van der Waals surface area contributed by atoms with Crippen LogP contribution in [-0.2, 0) is 0 Å². The molecule has 3 aromatic rings. The van der Waals surface area contributed by atoms with Gasteiger partial charge in [0, 0.05) is 33.0 Å². The van der Waals surface area contributed by atoms with E-state index < -0.39 is 0 Å². The normalized spacial score (nSPS) is 24.3. The second-order valence-corrected chi connectivity index (χ2v) is 9.18. The van der Waals surface area contributed by atoms with Gasteiger partial charge < -0.3 is 0 Å². The first-order chi connectivity index (χ1) is 14.5. The predicted octanol–water partition coefficient (Wildman–Crippen LogP) is 6.97. The van der Waals surface area contributed by atoms with E-state index in [2.05, 4.69) is 24.3 Å². The summed E-state index contributed by atoms with van der Waals surface area (Å²) in [4.78, 5) is 25.3. The van der Waals surface area contributed by atoms with Gasteiger partial charge in [0.15, 0.2) is 11.6 Å². The number of ketones is 2. The average Bonchev–Trinajstić information content (AvgIpc) is 3.68. The summed E-state index contributed by atoms with van der Waals surface area (Å²) in [6, 6.07) is 22.7. The molecule has 5 rings (SSSR count). The molecule has 0 saturated heterocycles. The lowest BCUT2D eigenvalue weighted by molar-refractivity contribution is 0.0957. The van der Waals surface area contributed by atoms with Gasteiger partial charge in [-0.3, -0.25) is 9.59 Å². The summed E-state index contributed by atoms with van der Waals surface area (Å²) in [6.07, 6.45) is 1.78. The standard InChI is InChI=1S/C26H20Cl2O2/c27-19-9-5-17(6-10-19)25(29)23-13-21(23)15-1-2-16(4-3-15)22-14-24(22)26(30)18-7-11-20(28)12-8-18/h1-12,21-24H,13-14H2/t21-,22+,23+,24-. The molecule has 2 nitrogen and oxygen atoms in total. The summed E-state index contributed by atoms with van der Waals surface area (Å²) < 4.78 is 0. The molecule has 2 aliphatic carbocycles. The Morgan fingerprint density at radius 1 is 0.567 bits per heavy atom. The number of Topliss-reactive ketones (excluding diaryl/α,β-unsaturated/α-hetero) is 2. The third kappa shape index (κ3) is 3.82. The number of hydrogen-bond acceptors (Lipinski definition) is 2. The quantitative estimate of drug-likeness (QED) is 0.392. The van der Waals surface area contributed by atoms with Crippen LogP contribution < -0.4 is 0 Å². The smallest absolute Gasteiger partial charge is 0.166 e. The summed E-state index contributed by atoms with van der Waals surface area (Å²) in [6.45, 7) is 0. The maximum atomic E-state index is 12.7. The van der Waals surface area contributed by atoms with E-state index in [4.69, 9.17) is 23.2 Å². The molecule has 0 heterocycles. The molecule has 2 fully saturated rings. The van der Waals surface area contributed by atoms with Crippen molar-refractivity contribution in [1.82, 2.24) is 0 Å². The van der Waals surface area contributed by atoms with Crippen molar-refractivity contribution in [3.63, 3.8) is 0 Å². The monoisotopic (exact) mass is 434 g/mol. The van der Waals surface area contributed by atoms with E-state index in [1.54, 1.807) is 48.5 Å². The number of carbonyl (C=O) groups excluding carboxylic acids is 2. The SMILES string of the molecule is O=C(c1ccc(Cl)cc1)[C@H]1C[C@@H]1c1ccc([C@@H]2C[C@H]2C(=O)c2ccc(Cl)cc2)cc1. The first kappa shape index (κ1) is 19.5. The Hall–Kier alpha value is -2.42. The number of halogens is 2. The lowest BCUT2D eigenvalue weighted by Crippen LogP contribution is -2.03. The molecular formula is C26H20Cl2O2. The van der Waals surface area contributed by atoms with Gasteiger partial charge in [-0.05, 0) is 84.3 Å². The van der Waals surface area contributed by atoms with E-state index >= 15 is 0 Å². The van der Waals surface area contributed by atoms with Crippen molar-refractivity contribution < 1.29 is 9.59 Å². The largest absolute Gasteiger partial charge is 0.294 e. The minimum absolute atomic E-state index is 0.0529. The third-order valence-corrected chi connectivity index (χ3v) is 6.81. The van der Waals surface area contributed by atoms with Crippen molar-refractivity contribution in [2.24, 2.45) is 11.8 Å². The highest BCUT2D eigenvalue weighted by atomic mass is 35.5. The van der Waals surface area contributed by atoms with Gasteiger partial charge in [0.25, 0.3) is 0 Å². The molecule has 0 amide bonds. The number of hydrogen-bond donors (Lipinski definition) is 0. The van der Waals surface area contributed by atoms with Crippen LogP contribution in [0.4, 0.5) is 0 Å². The molecule has 0 spiro atoms. The van der Waals surface area contributed by atoms with Crippen molar-refractivity contribution in [2.75, 3.05) is 0 Å². The minimum atomic E-state index is 0.0529. The number of benzene rings is 3. The number of carbonyl (C=O) groups is 2. The van der Waals surface area contributed by atoms with Crippen LogP contribution in [0.1, 0.15) is 56.5 Å². The van der Waals surface area contributed by atoms with Crippen LogP contribution in [-0.4, -0.2) is 11.6 Å². The van der Waals surface area contributed by atoms with Crippen LogP contribution in [0, 0.1) is 11.8 Å². The molecule has 0 N–H and O–H groups in total. The predicted molar refractivity (Wildman–Crippen MR) is 120 cm³/mol. The Bertz CT molecular complexity index is 1010. The van der Waals surface area contributed by atoms with Crippen molar-refractivity contribution in [3.05, 3.63) is 105 Å². The van der Waals surface area contributed by atoms with Gasteiger partial charge in [-0.2, -0.15) is 0 Å². The topological polar surface area (TPSA) is 34.1 Å². The molecule has 30 heavy (non-hydrogen) atoms. The van der Waals surface area contributed by atoms with Gasteiger partial charge >= 0.3 is 0 Å². The van der Waals surface area contributed by atoms with Gasteiger partial charge in [-0.1, -0.05) is 47.5 Å². The second kappa shape index (κ2) is 7.68. The molecule has 4 atom stereocenters. The fraction of sp³-hybridized carbons (Fsp3) is 0.231. The zero-order valence-electron chi connectivity index (χ0n) is 16.2. The first-order valence-electron chi connectivity index (χ1n) is 10.2. The molecule has 2 aliphatic rings. The van der Waals surface area contributed by atoms with Crippen molar-refractivity contribution in [2.45, 2.75) is 24.7 Å². The summed E-state index contributed by atoms with van der Waals surface area (Å²) in [7, 11) is 0. The molecular weight excluding hydrogens is 415 g/mol. The Balaban J connectivity index is 1.22. The van der Waals surface area contributed by atoms with E-state index in [1.165, 1.54) is 11.1 Å². The summed E-state index contributed by atoms with van der Waals surface area (Å²) in [5, 5.41) is 1.28. The van der Waals surface area contributed by atoms with E-state index in [9.17, 15) is 9.59 Å². The van der Waals surface area contributed by atoms with Crippen LogP contribution in [0.25, 0.3) is 0 Å². The van der Waals surface area contributed by atoms with Crippen LogP contribution in [0.3, 0.4) is 0 Å². The van der Waals surface area contributed by atoms with E-state index in [1.807, 2.05) is 0 Å². The Labute approximate surface area is 185 Å². The van der Waals surface area contributed by atoms with E-state index in [0.717, 1.165) is 24.0 Å². The summed E-state index contributed by atoms with van der Waals surface area (Å²) in [5.41, 5.74) is 3.86. The summed E-state index contributed by atoms with van der Waals surface area (Å²) >= 11 is 11.8. The van der Waals surface area contributed by atoms with Gasteiger partial charge in [-0.15, -0.1) is 0 Å². The summed E-state index contributed by atoms with van der Waals surface area (Å²) in [5.74, 6) is 1.06. The lowest BCUT2D eigenvalue weighted by Gasteiger charge is -2.05. The van der Waals surface area contributed by atoms with Crippen molar-refractivity contribution in [1.29, 1.82) is 0 Å². The van der Waals surface area contributed by atoms with E-state index in [-0.39, 0.29) is 35.2 Å². The molecule has 0 bridgehead atoms. The highest BCUT2D eigenvalue weighted by molar-refractivity contribution is 6.31. The molecule has 3 aromatic carbocycles. The minimum Gasteiger partial charge on any atom is -0.294 e. The Morgan fingerprint density at radius 2 is 0.900 bits per heavy atom. The Kier molecular flexibility index (Phi) is 5.00. The third-order valence-electron chi connectivity index (χ3n) is 6.30. The van der Waals surface area contributed by atoms with Crippen molar-refractivity contribution >= 4 is 34.8 Å². The maximum absolute atomic E-state index is 12.7. The Morgan fingerprint density at radius 3 is 1.23 bits per heavy atom. The van der Waals surface area contributed by atoms with Gasteiger partial charge in [0.2, 0.25) is 0 Å².